The van der Waals surface area contributed by atoms with E-state index in [-0.39, 0.29) is 11.3 Å². The number of benzene rings is 1. The smallest absolute Gasteiger partial charge is 0.339 e. The number of ether oxygens (including phenoxy) is 2. The summed E-state index contributed by atoms with van der Waals surface area (Å²) in [6.07, 6.45) is 0. The first kappa shape index (κ1) is 22.6. The fourth-order valence-corrected chi connectivity index (χ4v) is 3.39. The minimum absolute atomic E-state index is 0.0801. The molecule has 1 aliphatic heterocycles. The summed E-state index contributed by atoms with van der Waals surface area (Å²) in [5.74, 6) is -1.77. The van der Waals surface area contributed by atoms with Crippen molar-refractivity contribution in [1.29, 1.82) is 0 Å². The van der Waals surface area contributed by atoms with E-state index in [9.17, 15) is 19.7 Å². The van der Waals surface area contributed by atoms with Crippen LogP contribution in [0.5, 0.6) is 0 Å². The van der Waals surface area contributed by atoms with Crippen molar-refractivity contribution in [2.75, 3.05) is 6.79 Å². The molecular formula is C20H23BrN2O6. The molecule has 0 fully saturated rings. The molecule has 1 heterocycles. The number of allylic oxidation sites excluding steroid dienone is 3. The molecule has 1 aromatic carbocycles. The number of nitrogens with one attached hydrogen (secondary N) is 1. The Kier molecular flexibility index (Phi) is 6.84. The van der Waals surface area contributed by atoms with Crippen molar-refractivity contribution >= 4 is 33.6 Å². The number of carbonyl (C=O) groups is 2. The van der Waals surface area contributed by atoms with Crippen LogP contribution in [0, 0.1) is 15.5 Å². The van der Waals surface area contributed by atoms with Crippen molar-refractivity contribution in [3.05, 3.63) is 61.4 Å². The number of dihydropyridines is 1. The Hall–Kier alpha value is -2.68. The molecule has 1 atom stereocenters. The van der Waals surface area contributed by atoms with Crippen LogP contribution in [-0.4, -0.2) is 23.7 Å². The largest absolute Gasteiger partial charge is 0.427 e. The molecule has 0 spiro atoms. The molecule has 1 N–H and O–H groups in total. The molecule has 156 valence electrons. The molecule has 0 radical (unpaired) electrons. The van der Waals surface area contributed by atoms with Crippen molar-refractivity contribution in [3.8, 4) is 0 Å². The van der Waals surface area contributed by atoms with Crippen LogP contribution in [0.4, 0.5) is 5.69 Å². The monoisotopic (exact) mass is 466 g/mol. The maximum atomic E-state index is 12.8. The molecule has 0 saturated heterocycles. The van der Waals surface area contributed by atoms with Gasteiger partial charge in [-0.3, -0.25) is 14.9 Å². The number of nitro benzene ring substituents is 1. The van der Waals surface area contributed by atoms with Crippen molar-refractivity contribution in [2.45, 2.75) is 40.5 Å². The van der Waals surface area contributed by atoms with Gasteiger partial charge in [0.2, 0.25) is 6.79 Å². The van der Waals surface area contributed by atoms with Crippen LogP contribution in [0.15, 0.2) is 45.7 Å². The van der Waals surface area contributed by atoms with E-state index in [4.69, 9.17) is 9.47 Å². The van der Waals surface area contributed by atoms with Crippen LogP contribution < -0.4 is 5.32 Å². The second-order valence-electron chi connectivity index (χ2n) is 7.65. The standard InChI is InChI=1S/C20H23BrN2O6/c1-11-15(18(24)28-10-29-19(25)20(3,4)5)16(17(21)12(2)22-11)13-7-6-8-14(9-13)23(26)27/h6-9,16,22H,10H2,1-5H3/t16-/m0/s1. The van der Waals surface area contributed by atoms with Crippen molar-refractivity contribution in [3.63, 3.8) is 0 Å². The van der Waals surface area contributed by atoms with Gasteiger partial charge in [-0.15, -0.1) is 0 Å². The van der Waals surface area contributed by atoms with Crippen LogP contribution in [-0.2, 0) is 19.1 Å². The lowest BCUT2D eigenvalue weighted by Gasteiger charge is -2.29. The second-order valence-corrected chi connectivity index (χ2v) is 8.51. The molecule has 0 aliphatic carbocycles. The van der Waals surface area contributed by atoms with Crippen LogP contribution in [0.25, 0.3) is 0 Å². The third-order valence-corrected chi connectivity index (χ3v) is 5.36. The summed E-state index contributed by atoms with van der Waals surface area (Å²) in [6.45, 7) is 8.09. The molecule has 9 heteroatoms. The highest BCUT2D eigenvalue weighted by Crippen LogP contribution is 2.42. The fraction of sp³-hybridized carbons (Fsp3) is 0.400. The first-order chi connectivity index (χ1) is 13.4. The van der Waals surface area contributed by atoms with Gasteiger partial charge in [0, 0.05) is 28.0 Å². The number of non-ortho nitro benzene ring substituents is 1. The number of hydrogen-bond donors (Lipinski definition) is 1. The second kappa shape index (κ2) is 8.77. The van der Waals surface area contributed by atoms with E-state index in [1.54, 1.807) is 39.8 Å². The highest BCUT2D eigenvalue weighted by molar-refractivity contribution is 9.11. The first-order valence-corrected chi connectivity index (χ1v) is 9.65. The van der Waals surface area contributed by atoms with Gasteiger partial charge in [-0.25, -0.2) is 4.79 Å². The van der Waals surface area contributed by atoms with Gasteiger partial charge in [-0.05, 0) is 40.2 Å². The summed E-state index contributed by atoms with van der Waals surface area (Å²) in [5, 5.41) is 14.3. The Morgan fingerprint density at radius 1 is 1.21 bits per heavy atom. The van der Waals surface area contributed by atoms with Crippen molar-refractivity contribution in [1.82, 2.24) is 5.32 Å². The topological polar surface area (TPSA) is 108 Å². The molecule has 0 bridgehead atoms. The molecule has 0 saturated carbocycles. The van der Waals surface area contributed by atoms with Gasteiger partial charge >= 0.3 is 11.9 Å². The van der Waals surface area contributed by atoms with E-state index in [1.807, 2.05) is 6.92 Å². The highest BCUT2D eigenvalue weighted by atomic mass is 79.9. The van der Waals surface area contributed by atoms with Crippen LogP contribution in [0.1, 0.15) is 46.1 Å². The Balaban J connectivity index is 2.31. The van der Waals surface area contributed by atoms with E-state index >= 15 is 0 Å². The Bertz CT molecular complexity index is 914. The minimum Gasteiger partial charge on any atom is -0.427 e. The lowest BCUT2D eigenvalue weighted by Crippen LogP contribution is -2.29. The summed E-state index contributed by atoms with van der Waals surface area (Å²) in [5.41, 5.74) is 1.36. The predicted molar refractivity (Wildman–Crippen MR) is 110 cm³/mol. The number of carbonyl (C=O) groups excluding carboxylic acids is 2. The Morgan fingerprint density at radius 3 is 2.45 bits per heavy atom. The fourth-order valence-electron chi connectivity index (χ4n) is 2.80. The average Bonchev–Trinajstić information content (AvgIpc) is 2.63. The van der Waals surface area contributed by atoms with E-state index < -0.39 is 35.0 Å². The molecule has 0 amide bonds. The number of nitro groups is 1. The van der Waals surface area contributed by atoms with Gasteiger partial charge in [0.15, 0.2) is 0 Å². The van der Waals surface area contributed by atoms with E-state index in [0.29, 0.717) is 15.7 Å². The zero-order valence-electron chi connectivity index (χ0n) is 16.9. The molecule has 29 heavy (non-hydrogen) atoms. The maximum absolute atomic E-state index is 12.8. The average molecular weight is 467 g/mol. The summed E-state index contributed by atoms with van der Waals surface area (Å²) >= 11 is 3.49. The lowest BCUT2D eigenvalue weighted by atomic mass is 9.86. The van der Waals surface area contributed by atoms with Gasteiger partial charge < -0.3 is 14.8 Å². The zero-order valence-corrected chi connectivity index (χ0v) is 18.5. The number of rotatable bonds is 5. The molecule has 1 aliphatic rings. The van der Waals surface area contributed by atoms with Crippen LogP contribution in [0.2, 0.25) is 0 Å². The predicted octanol–water partition coefficient (Wildman–Crippen LogP) is 4.27. The SMILES string of the molecule is CC1=C(Br)[C@@H](c2cccc([N+](=O)[O-])c2)C(C(=O)OCOC(=O)C(C)(C)C)=C(C)N1. The van der Waals surface area contributed by atoms with Crippen LogP contribution >= 0.6 is 15.9 Å². The normalized spacial score (nSPS) is 17.0. The third kappa shape index (κ3) is 5.23. The van der Waals surface area contributed by atoms with Gasteiger partial charge in [-0.2, -0.15) is 0 Å². The minimum atomic E-state index is -0.720. The Morgan fingerprint density at radius 2 is 1.86 bits per heavy atom. The molecule has 8 nitrogen and oxygen atoms in total. The van der Waals surface area contributed by atoms with E-state index in [0.717, 1.165) is 5.70 Å². The summed E-state index contributed by atoms with van der Waals surface area (Å²) < 4.78 is 10.8. The molecule has 2 rings (SSSR count). The number of esters is 2. The summed E-state index contributed by atoms with van der Waals surface area (Å²) in [7, 11) is 0. The molecular weight excluding hydrogens is 444 g/mol. The number of hydrogen-bond acceptors (Lipinski definition) is 7. The maximum Gasteiger partial charge on any atom is 0.339 e. The van der Waals surface area contributed by atoms with Gasteiger partial charge in [0.25, 0.3) is 5.69 Å². The third-order valence-electron chi connectivity index (χ3n) is 4.31. The van der Waals surface area contributed by atoms with E-state index in [2.05, 4.69) is 21.2 Å². The summed E-state index contributed by atoms with van der Waals surface area (Å²) in [6, 6.07) is 6.08. The molecule has 0 aromatic heterocycles. The number of halogens is 1. The van der Waals surface area contributed by atoms with Crippen LogP contribution in [0.3, 0.4) is 0 Å². The molecule has 1 aromatic rings. The highest BCUT2D eigenvalue weighted by Gasteiger charge is 2.34. The summed E-state index contributed by atoms with van der Waals surface area (Å²) in [4.78, 5) is 35.3. The van der Waals surface area contributed by atoms with Crippen molar-refractivity contribution in [2.24, 2.45) is 5.41 Å². The quantitative estimate of drug-likeness (QED) is 0.298. The van der Waals surface area contributed by atoms with Crippen molar-refractivity contribution < 1.29 is 24.0 Å². The van der Waals surface area contributed by atoms with E-state index in [1.165, 1.54) is 12.1 Å². The zero-order chi connectivity index (χ0) is 21.9. The van der Waals surface area contributed by atoms with Gasteiger partial charge in [-0.1, -0.05) is 28.1 Å². The Labute approximate surface area is 177 Å². The molecule has 0 unspecified atom stereocenters. The lowest BCUT2D eigenvalue weighted by molar-refractivity contribution is -0.384. The number of nitrogens with zero attached hydrogens (tertiary/aromatic N) is 1. The van der Waals surface area contributed by atoms with Gasteiger partial charge in [0.1, 0.15) is 0 Å². The van der Waals surface area contributed by atoms with Gasteiger partial charge in [0.05, 0.1) is 21.8 Å². The first-order valence-electron chi connectivity index (χ1n) is 8.86.